The van der Waals surface area contributed by atoms with Crippen LogP contribution in [0.25, 0.3) is 0 Å². The third kappa shape index (κ3) is 3.55. The molecule has 1 fully saturated rings. The van der Waals surface area contributed by atoms with Gasteiger partial charge in [0.15, 0.2) is 0 Å². The molecule has 1 aromatic rings. The number of urea groups is 1. The van der Waals surface area contributed by atoms with E-state index in [2.05, 4.69) is 16.0 Å². The normalized spacial score (nSPS) is 16.2. The molecule has 2 rings (SSSR count). The van der Waals surface area contributed by atoms with Crippen molar-refractivity contribution in [2.45, 2.75) is 37.6 Å². The Morgan fingerprint density at radius 3 is 2.59 bits per heavy atom. The number of nitriles is 1. The van der Waals surface area contributed by atoms with Crippen molar-refractivity contribution in [3.05, 3.63) is 29.8 Å². The van der Waals surface area contributed by atoms with Crippen LogP contribution in [0.2, 0.25) is 0 Å². The van der Waals surface area contributed by atoms with E-state index in [4.69, 9.17) is 5.26 Å². The Balaban J connectivity index is 2.08. The van der Waals surface area contributed by atoms with Gasteiger partial charge in [0.25, 0.3) is 0 Å². The van der Waals surface area contributed by atoms with Crippen molar-refractivity contribution in [2.24, 2.45) is 0 Å². The molecule has 0 saturated heterocycles. The second-order valence-corrected chi connectivity index (χ2v) is 5.49. The first kappa shape index (κ1) is 15.8. The molecule has 0 unspecified atom stereocenters. The molecule has 6 nitrogen and oxygen atoms in total. The fourth-order valence-corrected chi connectivity index (χ4v) is 2.85. The summed E-state index contributed by atoms with van der Waals surface area (Å²) in [6.07, 6.45) is 4.18. The summed E-state index contributed by atoms with van der Waals surface area (Å²) in [5, 5.41) is 17.0. The third-order valence-electron chi connectivity index (χ3n) is 3.97. The second kappa shape index (κ2) is 6.94. The summed E-state index contributed by atoms with van der Waals surface area (Å²) < 4.78 is 0. The summed E-state index contributed by atoms with van der Waals surface area (Å²) in [5.74, 6) is -0.159. The van der Waals surface area contributed by atoms with Crippen molar-refractivity contribution >= 4 is 17.6 Å². The van der Waals surface area contributed by atoms with E-state index in [9.17, 15) is 9.59 Å². The SMILES string of the molecule is CNC(=O)C1(NC(=O)Nc2cccc(C#N)c2)CCCCC1. The number of carbonyl (C=O) groups is 2. The number of nitrogens with one attached hydrogen (secondary N) is 3. The van der Waals surface area contributed by atoms with E-state index in [-0.39, 0.29) is 5.91 Å². The molecule has 0 spiro atoms. The highest BCUT2D eigenvalue weighted by Gasteiger charge is 2.40. The number of rotatable bonds is 3. The van der Waals surface area contributed by atoms with Crippen LogP contribution in [-0.4, -0.2) is 24.5 Å². The van der Waals surface area contributed by atoms with E-state index < -0.39 is 11.6 Å². The Bertz CT molecular complexity index is 600. The van der Waals surface area contributed by atoms with Crippen LogP contribution < -0.4 is 16.0 Å². The maximum atomic E-state index is 12.2. The van der Waals surface area contributed by atoms with Gasteiger partial charge in [-0.15, -0.1) is 0 Å². The predicted octanol–water partition coefficient (Wildman–Crippen LogP) is 2.13. The second-order valence-electron chi connectivity index (χ2n) is 5.49. The number of benzene rings is 1. The first-order chi connectivity index (χ1) is 10.6. The number of hydrogen-bond acceptors (Lipinski definition) is 3. The molecule has 3 amide bonds. The Hall–Kier alpha value is -2.55. The molecule has 0 bridgehead atoms. The minimum atomic E-state index is -0.843. The maximum absolute atomic E-state index is 12.2. The van der Waals surface area contributed by atoms with E-state index in [1.54, 1.807) is 31.3 Å². The number of anilines is 1. The van der Waals surface area contributed by atoms with Gasteiger partial charge in [0, 0.05) is 12.7 Å². The van der Waals surface area contributed by atoms with Crippen molar-refractivity contribution in [1.29, 1.82) is 5.26 Å². The molecule has 3 N–H and O–H groups in total. The predicted molar refractivity (Wildman–Crippen MR) is 83.2 cm³/mol. The van der Waals surface area contributed by atoms with Crippen LogP contribution in [0, 0.1) is 11.3 Å². The molecular weight excluding hydrogens is 280 g/mol. The lowest BCUT2D eigenvalue weighted by atomic mass is 9.81. The minimum absolute atomic E-state index is 0.159. The van der Waals surface area contributed by atoms with Gasteiger partial charge in [-0.25, -0.2) is 4.79 Å². The zero-order valence-electron chi connectivity index (χ0n) is 12.6. The van der Waals surface area contributed by atoms with Gasteiger partial charge in [-0.2, -0.15) is 5.26 Å². The molecule has 22 heavy (non-hydrogen) atoms. The van der Waals surface area contributed by atoms with E-state index in [1.165, 1.54) is 0 Å². The van der Waals surface area contributed by atoms with Crippen molar-refractivity contribution in [2.75, 3.05) is 12.4 Å². The molecule has 1 aliphatic rings. The lowest BCUT2D eigenvalue weighted by molar-refractivity contribution is -0.128. The summed E-state index contributed by atoms with van der Waals surface area (Å²) in [6, 6.07) is 8.24. The van der Waals surface area contributed by atoms with Gasteiger partial charge in [-0.1, -0.05) is 25.3 Å². The first-order valence-electron chi connectivity index (χ1n) is 7.41. The third-order valence-corrected chi connectivity index (χ3v) is 3.97. The number of hydrogen-bond donors (Lipinski definition) is 3. The van der Waals surface area contributed by atoms with Gasteiger partial charge in [0.1, 0.15) is 5.54 Å². The van der Waals surface area contributed by atoms with Crippen molar-refractivity contribution in [1.82, 2.24) is 10.6 Å². The van der Waals surface area contributed by atoms with Crippen molar-refractivity contribution < 1.29 is 9.59 Å². The van der Waals surface area contributed by atoms with Crippen LogP contribution in [0.1, 0.15) is 37.7 Å². The van der Waals surface area contributed by atoms with Crippen LogP contribution in [0.3, 0.4) is 0 Å². The van der Waals surface area contributed by atoms with Gasteiger partial charge in [0.05, 0.1) is 11.6 Å². The maximum Gasteiger partial charge on any atom is 0.320 e. The van der Waals surface area contributed by atoms with Gasteiger partial charge in [-0.3, -0.25) is 4.79 Å². The Kier molecular flexibility index (Phi) is 4.99. The standard InChI is InChI=1S/C16H20N4O2/c1-18-14(21)16(8-3-2-4-9-16)20-15(22)19-13-7-5-6-12(10-13)11-17/h5-7,10H,2-4,8-9H2,1H3,(H,18,21)(H2,19,20,22). The van der Waals surface area contributed by atoms with Gasteiger partial charge < -0.3 is 16.0 Å². The zero-order valence-corrected chi connectivity index (χ0v) is 12.6. The molecule has 1 aliphatic carbocycles. The number of amides is 3. The van der Waals surface area contributed by atoms with Gasteiger partial charge >= 0.3 is 6.03 Å². The smallest absolute Gasteiger partial charge is 0.320 e. The molecular formula is C16H20N4O2. The molecule has 0 heterocycles. The first-order valence-corrected chi connectivity index (χ1v) is 7.41. The van der Waals surface area contributed by atoms with E-state index in [0.29, 0.717) is 24.1 Å². The monoisotopic (exact) mass is 300 g/mol. The average molecular weight is 300 g/mol. The molecule has 6 heteroatoms. The van der Waals surface area contributed by atoms with Crippen LogP contribution in [0.5, 0.6) is 0 Å². The zero-order chi connectivity index (χ0) is 16.0. The lowest BCUT2D eigenvalue weighted by Gasteiger charge is -2.36. The van der Waals surface area contributed by atoms with Crippen LogP contribution in [0.15, 0.2) is 24.3 Å². The van der Waals surface area contributed by atoms with Gasteiger partial charge in [-0.05, 0) is 31.0 Å². The fraction of sp³-hybridized carbons (Fsp3) is 0.438. The highest BCUT2D eigenvalue weighted by molar-refractivity contribution is 5.96. The average Bonchev–Trinajstić information content (AvgIpc) is 2.54. The molecule has 0 aliphatic heterocycles. The summed E-state index contributed by atoms with van der Waals surface area (Å²) in [5.41, 5.74) is 0.153. The molecule has 0 radical (unpaired) electrons. The fourth-order valence-electron chi connectivity index (χ4n) is 2.85. The molecule has 116 valence electrons. The van der Waals surface area contributed by atoms with Crippen LogP contribution in [-0.2, 0) is 4.79 Å². The van der Waals surface area contributed by atoms with Crippen LogP contribution in [0.4, 0.5) is 10.5 Å². The lowest BCUT2D eigenvalue weighted by Crippen LogP contribution is -2.60. The molecule has 0 aromatic heterocycles. The highest BCUT2D eigenvalue weighted by atomic mass is 16.2. The summed E-state index contributed by atoms with van der Waals surface area (Å²) in [4.78, 5) is 24.4. The number of nitrogens with zero attached hydrogens (tertiary/aromatic N) is 1. The van der Waals surface area contributed by atoms with E-state index in [1.807, 2.05) is 6.07 Å². The summed E-state index contributed by atoms with van der Waals surface area (Å²) in [6.45, 7) is 0. The Morgan fingerprint density at radius 1 is 1.23 bits per heavy atom. The number of likely N-dealkylation sites (N-methyl/N-ethyl adjacent to an activating group) is 1. The van der Waals surface area contributed by atoms with Crippen molar-refractivity contribution in [3.8, 4) is 6.07 Å². The quantitative estimate of drug-likeness (QED) is 0.798. The van der Waals surface area contributed by atoms with Crippen molar-refractivity contribution in [3.63, 3.8) is 0 Å². The summed E-state index contributed by atoms with van der Waals surface area (Å²) in [7, 11) is 1.58. The topological polar surface area (TPSA) is 94.0 Å². The molecule has 0 atom stereocenters. The minimum Gasteiger partial charge on any atom is -0.357 e. The Morgan fingerprint density at radius 2 is 1.95 bits per heavy atom. The number of carbonyl (C=O) groups excluding carboxylic acids is 2. The largest absolute Gasteiger partial charge is 0.357 e. The molecule has 1 saturated carbocycles. The van der Waals surface area contributed by atoms with E-state index in [0.717, 1.165) is 19.3 Å². The molecule has 1 aromatic carbocycles. The Labute approximate surface area is 129 Å². The van der Waals surface area contributed by atoms with Crippen LogP contribution >= 0.6 is 0 Å². The van der Waals surface area contributed by atoms with Gasteiger partial charge in [0.2, 0.25) is 5.91 Å². The van der Waals surface area contributed by atoms with E-state index >= 15 is 0 Å². The summed E-state index contributed by atoms with van der Waals surface area (Å²) >= 11 is 0. The highest BCUT2D eigenvalue weighted by Crippen LogP contribution is 2.28.